The van der Waals surface area contributed by atoms with Gasteiger partial charge in [0, 0.05) is 31.9 Å². The molecule has 108 valence electrons. The lowest BCUT2D eigenvalue weighted by Gasteiger charge is -2.21. The van der Waals surface area contributed by atoms with Crippen LogP contribution in [0.2, 0.25) is 0 Å². The second kappa shape index (κ2) is 6.09. The molecule has 0 aliphatic carbocycles. The van der Waals surface area contributed by atoms with E-state index < -0.39 is 0 Å². The predicted octanol–water partition coefficient (Wildman–Crippen LogP) is 2.14. The fraction of sp³-hybridized carbons (Fsp3) is 0.429. The number of rotatable bonds is 4. The Kier molecular flexibility index (Phi) is 4.44. The maximum atomic E-state index is 5.39. The summed E-state index contributed by atoms with van der Waals surface area (Å²) in [5.41, 5.74) is 3.44. The summed E-state index contributed by atoms with van der Waals surface area (Å²) in [5, 5.41) is 8.31. The Morgan fingerprint density at radius 1 is 1.50 bits per heavy atom. The van der Waals surface area contributed by atoms with E-state index in [9.17, 15) is 0 Å². The van der Waals surface area contributed by atoms with Crippen molar-refractivity contribution in [3.63, 3.8) is 0 Å². The molecule has 2 rings (SSSR count). The van der Waals surface area contributed by atoms with Crippen LogP contribution in [0.15, 0.2) is 22.8 Å². The van der Waals surface area contributed by atoms with Gasteiger partial charge >= 0.3 is 0 Å². The molecule has 0 unspecified atom stereocenters. The number of nitrogens with zero attached hydrogens (tertiary/aromatic N) is 3. The number of furan rings is 1. The number of aromatic nitrogens is 2. The molecule has 0 atom stereocenters. The van der Waals surface area contributed by atoms with E-state index in [2.05, 4.69) is 17.3 Å². The minimum atomic E-state index is 0.598. The van der Waals surface area contributed by atoms with Crippen LogP contribution in [-0.4, -0.2) is 26.8 Å². The monoisotopic (exact) mass is 292 g/mol. The summed E-state index contributed by atoms with van der Waals surface area (Å²) in [6.45, 7) is 5.44. The third-order valence-corrected chi connectivity index (χ3v) is 3.85. The SMILES string of the molecule is Cc1nn(C)c(C)c1CN(C)C(=S)NCc1ccco1. The summed E-state index contributed by atoms with van der Waals surface area (Å²) in [5.74, 6) is 0.870. The normalized spacial score (nSPS) is 10.6. The number of nitrogens with one attached hydrogen (secondary N) is 1. The van der Waals surface area contributed by atoms with E-state index in [1.54, 1.807) is 6.26 Å². The standard InChI is InChI=1S/C14H20N4OS/c1-10-13(11(2)18(4)16-10)9-17(3)14(20)15-8-12-6-5-7-19-12/h5-7H,8-9H2,1-4H3,(H,15,20). The molecule has 0 amide bonds. The first kappa shape index (κ1) is 14.6. The molecule has 5 nitrogen and oxygen atoms in total. The molecule has 0 saturated heterocycles. The Morgan fingerprint density at radius 3 is 2.80 bits per heavy atom. The molecule has 0 aliphatic rings. The average Bonchev–Trinajstić information content (AvgIpc) is 3.00. The number of aryl methyl sites for hydroxylation is 2. The lowest BCUT2D eigenvalue weighted by atomic mass is 10.2. The van der Waals surface area contributed by atoms with Gasteiger partial charge in [-0.2, -0.15) is 5.10 Å². The predicted molar refractivity (Wildman–Crippen MR) is 82.3 cm³/mol. The molecule has 0 bridgehead atoms. The maximum Gasteiger partial charge on any atom is 0.169 e. The number of hydrogen-bond acceptors (Lipinski definition) is 3. The van der Waals surface area contributed by atoms with Gasteiger partial charge in [0.25, 0.3) is 0 Å². The fourth-order valence-corrected chi connectivity index (χ4v) is 2.20. The van der Waals surface area contributed by atoms with Crippen molar-refractivity contribution in [2.45, 2.75) is 26.9 Å². The highest BCUT2D eigenvalue weighted by Crippen LogP contribution is 2.14. The molecule has 0 spiro atoms. The van der Waals surface area contributed by atoms with Crippen LogP contribution in [0.25, 0.3) is 0 Å². The van der Waals surface area contributed by atoms with E-state index in [1.165, 1.54) is 11.3 Å². The first-order valence-corrected chi connectivity index (χ1v) is 6.90. The van der Waals surface area contributed by atoms with Crippen LogP contribution in [0.3, 0.4) is 0 Å². The van der Waals surface area contributed by atoms with Crippen molar-refractivity contribution in [2.75, 3.05) is 7.05 Å². The van der Waals surface area contributed by atoms with Crippen LogP contribution in [0.5, 0.6) is 0 Å². The highest BCUT2D eigenvalue weighted by Gasteiger charge is 2.13. The Hall–Kier alpha value is -1.82. The smallest absolute Gasteiger partial charge is 0.169 e. The Morgan fingerprint density at radius 2 is 2.25 bits per heavy atom. The summed E-state index contributed by atoms with van der Waals surface area (Å²) in [7, 11) is 3.93. The largest absolute Gasteiger partial charge is 0.467 e. The fourth-order valence-electron chi connectivity index (χ4n) is 2.07. The van der Waals surface area contributed by atoms with Crippen LogP contribution in [0.1, 0.15) is 22.7 Å². The van der Waals surface area contributed by atoms with E-state index >= 15 is 0 Å². The van der Waals surface area contributed by atoms with Gasteiger partial charge in [0.15, 0.2) is 5.11 Å². The van der Waals surface area contributed by atoms with Crippen LogP contribution in [0.4, 0.5) is 0 Å². The Labute approximate surface area is 124 Å². The molecule has 0 fully saturated rings. The highest BCUT2D eigenvalue weighted by molar-refractivity contribution is 7.80. The van der Waals surface area contributed by atoms with Crippen molar-refractivity contribution in [1.29, 1.82) is 0 Å². The average molecular weight is 292 g/mol. The van der Waals surface area contributed by atoms with Crippen LogP contribution in [-0.2, 0) is 20.1 Å². The van der Waals surface area contributed by atoms with Crippen molar-refractivity contribution >= 4 is 17.3 Å². The Balaban J connectivity index is 1.93. The van der Waals surface area contributed by atoms with E-state index in [1.807, 2.05) is 42.7 Å². The lowest BCUT2D eigenvalue weighted by Crippen LogP contribution is -2.36. The van der Waals surface area contributed by atoms with Gasteiger partial charge in [-0.05, 0) is 38.2 Å². The van der Waals surface area contributed by atoms with E-state index in [-0.39, 0.29) is 0 Å². The molecular weight excluding hydrogens is 272 g/mol. The molecule has 2 aromatic rings. The van der Waals surface area contributed by atoms with Gasteiger partial charge in [0.05, 0.1) is 18.5 Å². The minimum Gasteiger partial charge on any atom is -0.467 e. The van der Waals surface area contributed by atoms with Gasteiger partial charge in [0.1, 0.15) is 5.76 Å². The Bertz CT molecular complexity index is 589. The second-order valence-corrected chi connectivity index (χ2v) is 5.25. The molecule has 20 heavy (non-hydrogen) atoms. The van der Waals surface area contributed by atoms with Crippen molar-refractivity contribution in [1.82, 2.24) is 20.0 Å². The zero-order chi connectivity index (χ0) is 14.7. The quantitative estimate of drug-likeness (QED) is 0.875. The summed E-state index contributed by atoms with van der Waals surface area (Å²) in [4.78, 5) is 2.01. The molecular formula is C14H20N4OS. The third-order valence-electron chi connectivity index (χ3n) is 3.39. The van der Waals surface area contributed by atoms with Gasteiger partial charge < -0.3 is 14.6 Å². The molecule has 2 heterocycles. The summed E-state index contributed by atoms with van der Waals surface area (Å²) in [6, 6.07) is 3.79. The van der Waals surface area contributed by atoms with Crippen molar-refractivity contribution in [2.24, 2.45) is 7.05 Å². The lowest BCUT2D eigenvalue weighted by molar-refractivity contribution is 0.467. The molecule has 0 aromatic carbocycles. The van der Waals surface area contributed by atoms with E-state index in [4.69, 9.17) is 16.6 Å². The van der Waals surface area contributed by atoms with Crippen LogP contribution in [0, 0.1) is 13.8 Å². The molecule has 0 aliphatic heterocycles. The van der Waals surface area contributed by atoms with Crippen molar-refractivity contribution in [3.8, 4) is 0 Å². The van der Waals surface area contributed by atoms with Gasteiger partial charge in [-0.15, -0.1) is 0 Å². The highest BCUT2D eigenvalue weighted by atomic mass is 32.1. The van der Waals surface area contributed by atoms with Crippen molar-refractivity contribution < 1.29 is 4.42 Å². The molecule has 0 saturated carbocycles. The van der Waals surface area contributed by atoms with Crippen molar-refractivity contribution in [3.05, 3.63) is 41.1 Å². The van der Waals surface area contributed by atoms with Gasteiger partial charge in [0.2, 0.25) is 0 Å². The van der Waals surface area contributed by atoms with E-state index in [0.29, 0.717) is 11.7 Å². The minimum absolute atomic E-state index is 0.598. The van der Waals surface area contributed by atoms with Crippen LogP contribution < -0.4 is 5.32 Å². The number of hydrogen-bond donors (Lipinski definition) is 1. The zero-order valence-electron chi connectivity index (χ0n) is 12.3. The van der Waals surface area contributed by atoms with Crippen LogP contribution >= 0.6 is 12.2 Å². The van der Waals surface area contributed by atoms with E-state index in [0.717, 1.165) is 18.0 Å². The molecule has 6 heteroatoms. The first-order valence-electron chi connectivity index (χ1n) is 6.49. The van der Waals surface area contributed by atoms with Gasteiger partial charge in [-0.3, -0.25) is 4.68 Å². The molecule has 0 radical (unpaired) electrons. The third kappa shape index (κ3) is 3.19. The second-order valence-electron chi connectivity index (χ2n) is 4.87. The first-order chi connectivity index (χ1) is 9.49. The van der Waals surface area contributed by atoms with Gasteiger partial charge in [-0.25, -0.2) is 0 Å². The molecule has 1 N–H and O–H groups in total. The maximum absolute atomic E-state index is 5.39. The summed E-state index contributed by atoms with van der Waals surface area (Å²) < 4.78 is 7.17. The molecule has 2 aromatic heterocycles. The number of thiocarbonyl (C=S) groups is 1. The summed E-state index contributed by atoms with van der Waals surface area (Å²) in [6.07, 6.45) is 1.66. The summed E-state index contributed by atoms with van der Waals surface area (Å²) >= 11 is 5.39. The van der Waals surface area contributed by atoms with Gasteiger partial charge in [-0.1, -0.05) is 0 Å². The topological polar surface area (TPSA) is 46.2 Å². The zero-order valence-corrected chi connectivity index (χ0v) is 13.1.